The van der Waals surface area contributed by atoms with Gasteiger partial charge in [0.25, 0.3) is 0 Å². The quantitative estimate of drug-likeness (QED) is 0.386. The minimum absolute atomic E-state index is 0. The topological polar surface area (TPSA) is 12.9 Å². The van der Waals surface area contributed by atoms with Gasteiger partial charge in [-0.3, -0.25) is 4.98 Å². The molecular formula is C24H30NY-. The summed E-state index contributed by atoms with van der Waals surface area (Å²) in [7, 11) is 0. The Kier molecular flexibility index (Phi) is 5.11. The second kappa shape index (κ2) is 6.96. The van der Waals surface area contributed by atoms with Crippen molar-refractivity contribution < 1.29 is 32.7 Å². The van der Waals surface area contributed by atoms with Crippen LogP contribution in [0.1, 0.15) is 64.5 Å². The minimum atomic E-state index is 0. The van der Waals surface area contributed by atoms with Gasteiger partial charge in [-0.05, 0) is 72.0 Å². The molecule has 2 saturated carbocycles. The molecule has 1 aromatic heterocycles. The smallest absolute Gasteiger partial charge is 0.0664 e. The molecule has 0 aliphatic heterocycles. The van der Waals surface area contributed by atoms with E-state index in [0.717, 1.165) is 17.8 Å². The molecule has 5 atom stereocenters. The number of nitrogens with zero attached hydrogens (tertiary/aromatic N) is 1. The first kappa shape index (κ1) is 19.1. The van der Waals surface area contributed by atoms with Crippen LogP contribution in [0.2, 0.25) is 0 Å². The largest absolute Gasteiger partial charge is 0.325 e. The Balaban J connectivity index is 0.00000168. The fraction of sp³-hybridized carbons (Fsp3) is 0.583. The Bertz CT molecular complexity index is 736. The van der Waals surface area contributed by atoms with Crippen LogP contribution in [0.25, 0.3) is 5.57 Å². The molecule has 0 aromatic carbocycles. The fourth-order valence-corrected chi connectivity index (χ4v) is 6.97. The Labute approximate surface area is 184 Å². The van der Waals surface area contributed by atoms with Gasteiger partial charge in [-0.2, -0.15) is 12.8 Å². The van der Waals surface area contributed by atoms with E-state index < -0.39 is 0 Å². The Hall–Kier alpha value is -0.266. The molecular weight excluding hydrogens is 391 g/mol. The first-order chi connectivity index (χ1) is 12.1. The van der Waals surface area contributed by atoms with Gasteiger partial charge in [0.2, 0.25) is 0 Å². The molecule has 26 heavy (non-hydrogen) atoms. The van der Waals surface area contributed by atoms with E-state index in [1.165, 1.54) is 56.2 Å². The van der Waals surface area contributed by atoms with Crippen LogP contribution in [0.4, 0.5) is 0 Å². The molecule has 0 spiro atoms. The zero-order valence-electron chi connectivity index (χ0n) is 16.2. The summed E-state index contributed by atoms with van der Waals surface area (Å²) < 4.78 is 0. The van der Waals surface area contributed by atoms with E-state index in [2.05, 4.69) is 44.6 Å². The van der Waals surface area contributed by atoms with Crippen molar-refractivity contribution in [3.05, 3.63) is 54.2 Å². The summed E-state index contributed by atoms with van der Waals surface area (Å²) in [5.41, 5.74) is 5.33. The Morgan fingerprint density at radius 3 is 2.73 bits per heavy atom. The van der Waals surface area contributed by atoms with Crippen LogP contribution in [0.15, 0.2) is 42.1 Å². The molecule has 2 fully saturated rings. The molecule has 2 heteroatoms. The van der Waals surface area contributed by atoms with Crippen molar-refractivity contribution in [2.24, 2.45) is 28.6 Å². The van der Waals surface area contributed by atoms with Crippen molar-refractivity contribution in [3.8, 4) is 0 Å². The maximum atomic E-state index is 4.70. The Morgan fingerprint density at radius 1 is 1.04 bits per heavy atom. The monoisotopic (exact) mass is 421 g/mol. The first-order valence-electron chi connectivity index (χ1n) is 10.3. The van der Waals surface area contributed by atoms with Crippen molar-refractivity contribution in [1.29, 1.82) is 0 Å². The molecule has 0 bridgehead atoms. The maximum Gasteiger partial charge on any atom is 0.0664 e. The third-order valence-corrected chi connectivity index (χ3v) is 8.38. The van der Waals surface area contributed by atoms with Gasteiger partial charge >= 0.3 is 0 Å². The number of fused-ring (bicyclic) bond motifs is 5. The minimum Gasteiger partial charge on any atom is -0.325 e. The van der Waals surface area contributed by atoms with E-state index in [-0.39, 0.29) is 32.7 Å². The molecule has 1 heterocycles. The summed E-state index contributed by atoms with van der Waals surface area (Å²) in [6, 6.07) is 6.38. The summed E-state index contributed by atoms with van der Waals surface area (Å²) in [6.07, 6.45) is 18.9. The number of allylic oxidation sites excluding steroid dienone is 4. The van der Waals surface area contributed by atoms with Crippen LogP contribution in [-0.4, -0.2) is 4.98 Å². The normalized spacial score (nSPS) is 41.1. The SMILES string of the molecule is C[C@]12CC[CH-]CC1=CCC1C2CC[C@]2(C)C(c3ccccn3)=CCC12.[Y]. The number of pyridine rings is 1. The van der Waals surface area contributed by atoms with Gasteiger partial charge in [0.05, 0.1) is 5.69 Å². The predicted octanol–water partition coefficient (Wildman–Crippen LogP) is 6.24. The zero-order chi connectivity index (χ0) is 17.1. The Morgan fingerprint density at radius 2 is 1.92 bits per heavy atom. The fourth-order valence-electron chi connectivity index (χ4n) is 6.97. The molecule has 0 saturated heterocycles. The van der Waals surface area contributed by atoms with E-state index in [1.807, 2.05) is 12.3 Å². The van der Waals surface area contributed by atoms with Crippen molar-refractivity contribution >= 4 is 5.57 Å². The van der Waals surface area contributed by atoms with E-state index in [4.69, 9.17) is 4.98 Å². The van der Waals surface area contributed by atoms with E-state index >= 15 is 0 Å². The number of hydrogen-bond acceptors (Lipinski definition) is 1. The van der Waals surface area contributed by atoms with Crippen LogP contribution in [0.3, 0.4) is 0 Å². The van der Waals surface area contributed by atoms with Crippen molar-refractivity contribution in [2.45, 2.75) is 58.8 Å². The number of aromatic nitrogens is 1. The van der Waals surface area contributed by atoms with Gasteiger partial charge in [-0.1, -0.05) is 44.1 Å². The van der Waals surface area contributed by atoms with Gasteiger partial charge in [0.15, 0.2) is 0 Å². The van der Waals surface area contributed by atoms with Gasteiger partial charge in [0, 0.05) is 38.9 Å². The van der Waals surface area contributed by atoms with Gasteiger partial charge < -0.3 is 6.42 Å². The first-order valence-corrected chi connectivity index (χ1v) is 10.3. The van der Waals surface area contributed by atoms with E-state index in [0.29, 0.717) is 10.8 Å². The summed E-state index contributed by atoms with van der Waals surface area (Å²) in [5.74, 6) is 2.57. The van der Waals surface area contributed by atoms with Crippen molar-refractivity contribution in [1.82, 2.24) is 4.98 Å². The molecule has 5 rings (SSSR count). The second-order valence-electron chi connectivity index (χ2n) is 9.32. The molecule has 135 valence electrons. The second-order valence-corrected chi connectivity index (χ2v) is 9.32. The van der Waals surface area contributed by atoms with Crippen molar-refractivity contribution in [3.63, 3.8) is 0 Å². The van der Waals surface area contributed by atoms with E-state index in [9.17, 15) is 0 Å². The van der Waals surface area contributed by atoms with Gasteiger partial charge in [0.1, 0.15) is 0 Å². The molecule has 0 N–H and O–H groups in total. The summed E-state index contributed by atoms with van der Waals surface area (Å²) >= 11 is 0. The molecule has 1 radical (unpaired) electrons. The zero-order valence-corrected chi connectivity index (χ0v) is 19.1. The van der Waals surface area contributed by atoms with Gasteiger partial charge in [-0.15, -0.1) is 0 Å². The molecule has 0 amide bonds. The molecule has 1 aromatic rings. The third-order valence-electron chi connectivity index (χ3n) is 8.38. The molecule has 4 aliphatic rings. The van der Waals surface area contributed by atoms with Crippen LogP contribution >= 0.6 is 0 Å². The summed E-state index contributed by atoms with van der Waals surface area (Å²) in [5, 5.41) is 0. The maximum absolute atomic E-state index is 4.70. The van der Waals surface area contributed by atoms with Gasteiger partial charge in [-0.25, -0.2) is 0 Å². The molecule has 3 unspecified atom stereocenters. The summed E-state index contributed by atoms with van der Waals surface area (Å²) in [6.45, 7) is 5.13. The number of hydrogen-bond donors (Lipinski definition) is 0. The average molecular weight is 421 g/mol. The molecule has 1 nitrogen and oxygen atoms in total. The number of rotatable bonds is 1. The van der Waals surface area contributed by atoms with Crippen molar-refractivity contribution in [2.75, 3.05) is 0 Å². The summed E-state index contributed by atoms with van der Waals surface area (Å²) in [4.78, 5) is 4.70. The van der Waals surface area contributed by atoms with E-state index in [1.54, 1.807) is 5.57 Å². The average Bonchev–Trinajstić information content (AvgIpc) is 2.99. The van der Waals surface area contributed by atoms with Crippen LogP contribution in [-0.2, 0) is 32.7 Å². The van der Waals surface area contributed by atoms with Crippen LogP contribution in [0.5, 0.6) is 0 Å². The van der Waals surface area contributed by atoms with Crippen LogP contribution in [0, 0.1) is 35.0 Å². The molecule has 4 aliphatic carbocycles. The predicted molar refractivity (Wildman–Crippen MR) is 104 cm³/mol. The third kappa shape index (κ3) is 2.67. The standard InChI is InChI=1S/C24H30N.Y/c1-23-14-5-3-7-17(23)9-10-18-19-11-12-21(22-8-4-6-16-25-22)24(19,2)15-13-20(18)23;/h3-4,6,8-9,12,16,18-20H,5,7,10-11,13-15H2,1-2H3;/q-1;/t18?,19?,20?,23-,24-;/m0./s1. The van der Waals surface area contributed by atoms with Crippen LogP contribution < -0.4 is 0 Å².